The molecule has 1 aliphatic heterocycles. The second kappa shape index (κ2) is 10.4. The Labute approximate surface area is 163 Å². The minimum Gasteiger partial charge on any atom is -0.356 e. The zero-order chi connectivity index (χ0) is 19.8. The maximum Gasteiger partial charge on any atom is 0.223 e. The number of allylic oxidation sites excluding steroid dienone is 1. The van der Waals surface area contributed by atoms with E-state index in [9.17, 15) is 10.0 Å². The summed E-state index contributed by atoms with van der Waals surface area (Å²) >= 11 is 0. The smallest absolute Gasteiger partial charge is 0.223 e. The second-order valence-corrected chi connectivity index (χ2v) is 7.15. The number of nitrogens with one attached hydrogen (secondary N) is 1. The molecule has 6 nitrogen and oxygen atoms in total. The first-order valence-electron chi connectivity index (χ1n) is 9.95. The third kappa shape index (κ3) is 5.79. The molecule has 0 aromatic heterocycles. The predicted molar refractivity (Wildman–Crippen MR) is 108 cm³/mol. The summed E-state index contributed by atoms with van der Waals surface area (Å²) in [7, 11) is 1.85. The van der Waals surface area contributed by atoms with Gasteiger partial charge in [-0.2, -0.15) is 10.2 Å². The summed E-state index contributed by atoms with van der Waals surface area (Å²) in [5, 5.41) is 16.4. The molecule has 2 unspecified atom stereocenters. The van der Waals surface area contributed by atoms with Gasteiger partial charge in [0.2, 0.25) is 5.91 Å². The van der Waals surface area contributed by atoms with E-state index >= 15 is 0 Å². The molecule has 2 atom stereocenters. The third-order valence-corrected chi connectivity index (χ3v) is 5.26. The fourth-order valence-electron chi connectivity index (χ4n) is 3.42. The maximum atomic E-state index is 12.4. The average Bonchev–Trinajstić information content (AvgIpc) is 2.97. The first kappa shape index (κ1) is 21.4. The van der Waals surface area contributed by atoms with E-state index < -0.39 is 0 Å². The van der Waals surface area contributed by atoms with Gasteiger partial charge >= 0.3 is 0 Å². The normalized spacial score (nSPS) is 18.7. The van der Waals surface area contributed by atoms with Crippen LogP contribution in [-0.2, 0) is 4.79 Å². The van der Waals surface area contributed by atoms with Gasteiger partial charge in [0.1, 0.15) is 0 Å². The summed E-state index contributed by atoms with van der Waals surface area (Å²) in [6.07, 6.45) is 3.49. The lowest BCUT2D eigenvalue weighted by atomic mass is 10.0. The molecule has 1 amide bonds. The van der Waals surface area contributed by atoms with Crippen LogP contribution in [0.25, 0.3) is 0 Å². The van der Waals surface area contributed by atoms with Crippen LogP contribution < -0.4 is 5.32 Å². The van der Waals surface area contributed by atoms with Crippen molar-refractivity contribution in [2.24, 2.45) is 5.92 Å². The molecule has 0 bridgehead atoms. The van der Waals surface area contributed by atoms with Crippen LogP contribution >= 0.6 is 0 Å². The van der Waals surface area contributed by atoms with E-state index in [4.69, 9.17) is 0 Å². The lowest BCUT2D eigenvalue weighted by Gasteiger charge is -2.27. The number of rotatable bonds is 10. The molecule has 0 spiro atoms. The van der Waals surface area contributed by atoms with Crippen molar-refractivity contribution < 1.29 is 10.0 Å². The van der Waals surface area contributed by atoms with Crippen LogP contribution in [0.15, 0.2) is 42.1 Å². The highest BCUT2D eigenvalue weighted by molar-refractivity contribution is 5.78. The number of hydrogen-bond acceptors (Lipinski definition) is 5. The summed E-state index contributed by atoms with van der Waals surface area (Å²) in [4.78, 5) is 14.7. The molecule has 0 radical (unpaired) electrons. The van der Waals surface area contributed by atoms with E-state index in [2.05, 4.69) is 24.1 Å². The van der Waals surface area contributed by atoms with Crippen molar-refractivity contribution in [3.8, 4) is 0 Å². The Morgan fingerprint density at radius 3 is 2.56 bits per heavy atom. The van der Waals surface area contributed by atoms with Crippen LogP contribution in [0, 0.1) is 5.92 Å². The Bertz CT molecular complexity index is 616. The van der Waals surface area contributed by atoms with Crippen molar-refractivity contribution in [3.63, 3.8) is 0 Å². The molecule has 0 saturated heterocycles. The van der Waals surface area contributed by atoms with Gasteiger partial charge in [-0.15, -0.1) is 0 Å². The van der Waals surface area contributed by atoms with Gasteiger partial charge in [-0.3, -0.25) is 10.0 Å². The first-order chi connectivity index (χ1) is 13.0. The molecule has 0 fully saturated rings. The number of hydrazine groups is 1. The largest absolute Gasteiger partial charge is 0.356 e. The number of nitrogens with zero attached hydrogens (tertiary/aromatic N) is 3. The summed E-state index contributed by atoms with van der Waals surface area (Å²) in [5.74, 6) is -0.156. The molecule has 0 saturated carbocycles. The number of hydroxylamine groups is 1. The Morgan fingerprint density at radius 2 is 1.93 bits per heavy atom. The van der Waals surface area contributed by atoms with E-state index in [0.29, 0.717) is 13.0 Å². The standard InChI is InChI=1S/C21H34N4O2/c1-5-24(6-2)14-10-13-22-21(26)17(3)15-19-16-20(23(4)25(19)27)18-11-8-7-9-12-18/h7-9,11-12,16-17,20,27H,5-6,10,13-15H2,1-4H3,(H,22,26). The van der Waals surface area contributed by atoms with Crippen molar-refractivity contribution in [3.05, 3.63) is 47.7 Å². The quantitative estimate of drug-likeness (QED) is 0.617. The number of likely N-dealkylation sites (N-methyl/N-ethyl adjacent to an activating group) is 1. The molecule has 27 heavy (non-hydrogen) atoms. The van der Waals surface area contributed by atoms with Gasteiger partial charge in [-0.25, -0.2) is 0 Å². The molecular formula is C21H34N4O2. The van der Waals surface area contributed by atoms with Gasteiger partial charge in [0, 0.05) is 25.9 Å². The van der Waals surface area contributed by atoms with Crippen LogP contribution in [0.1, 0.15) is 45.2 Å². The molecule has 1 aliphatic rings. The van der Waals surface area contributed by atoms with Crippen molar-refractivity contribution in [1.29, 1.82) is 0 Å². The molecule has 150 valence electrons. The first-order valence-corrected chi connectivity index (χ1v) is 9.95. The second-order valence-electron chi connectivity index (χ2n) is 7.15. The Morgan fingerprint density at radius 1 is 1.26 bits per heavy atom. The third-order valence-electron chi connectivity index (χ3n) is 5.26. The van der Waals surface area contributed by atoms with Gasteiger partial charge in [-0.1, -0.05) is 51.1 Å². The topological polar surface area (TPSA) is 59.1 Å². The van der Waals surface area contributed by atoms with E-state index in [0.717, 1.165) is 37.3 Å². The number of carbonyl (C=O) groups excluding carboxylic acids is 1. The Hall–Kier alpha value is -1.89. The molecular weight excluding hydrogens is 340 g/mol. The van der Waals surface area contributed by atoms with Crippen molar-refractivity contribution in [2.45, 2.75) is 39.7 Å². The monoisotopic (exact) mass is 374 g/mol. The van der Waals surface area contributed by atoms with Crippen LogP contribution in [0.4, 0.5) is 0 Å². The van der Waals surface area contributed by atoms with E-state index in [1.807, 2.05) is 50.4 Å². The molecule has 1 heterocycles. The van der Waals surface area contributed by atoms with Crippen molar-refractivity contribution in [1.82, 2.24) is 20.4 Å². The zero-order valence-corrected chi connectivity index (χ0v) is 17.1. The highest BCUT2D eigenvalue weighted by atomic mass is 16.6. The zero-order valence-electron chi connectivity index (χ0n) is 17.1. The lowest BCUT2D eigenvalue weighted by Crippen LogP contribution is -2.35. The average molecular weight is 375 g/mol. The maximum absolute atomic E-state index is 12.4. The SMILES string of the molecule is CCN(CC)CCCNC(=O)C(C)CC1=CC(c2ccccc2)N(C)N1O. The lowest BCUT2D eigenvalue weighted by molar-refractivity contribution is -0.206. The fourth-order valence-corrected chi connectivity index (χ4v) is 3.42. The minimum absolute atomic E-state index is 0.0180. The number of benzene rings is 1. The van der Waals surface area contributed by atoms with E-state index in [-0.39, 0.29) is 17.9 Å². The van der Waals surface area contributed by atoms with Crippen molar-refractivity contribution in [2.75, 3.05) is 33.2 Å². The van der Waals surface area contributed by atoms with Crippen LogP contribution in [0.3, 0.4) is 0 Å². The summed E-state index contributed by atoms with van der Waals surface area (Å²) < 4.78 is 0. The number of carbonyl (C=O) groups is 1. The molecule has 0 aliphatic carbocycles. The minimum atomic E-state index is -0.192. The van der Waals surface area contributed by atoms with Crippen LogP contribution in [0.5, 0.6) is 0 Å². The van der Waals surface area contributed by atoms with Gasteiger partial charge in [0.15, 0.2) is 0 Å². The van der Waals surface area contributed by atoms with Gasteiger partial charge in [-0.05, 0) is 37.7 Å². The van der Waals surface area contributed by atoms with Crippen LogP contribution in [-0.4, -0.2) is 59.4 Å². The molecule has 2 rings (SSSR count). The van der Waals surface area contributed by atoms with Gasteiger partial charge < -0.3 is 10.2 Å². The summed E-state index contributed by atoms with van der Waals surface area (Å²) in [5.41, 5.74) is 1.87. The summed E-state index contributed by atoms with van der Waals surface area (Å²) in [6.45, 7) is 9.98. The van der Waals surface area contributed by atoms with Gasteiger partial charge in [0.05, 0.1) is 11.7 Å². The molecule has 1 aromatic rings. The molecule has 1 aromatic carbocycles. The Balaban J connectivity index is 1.85. The fraction of sp³-hybridized carbons (Fsp3) is 0.571. The van der Waals surface area contributed by atoms with E-state index in [1.54, 1.807) is 5.01 Å². The van der Waals surface area contributed by atoms with E-state index in [1.165, 1.54) is 5.17 Å². The number of hydrogen-bond donors (Lipinski definition) is 2. The predicted octanol–water partition coefficient (Wildman–Crippen LogP) is 3.04. The van der Waals surface area contributed by atoms with Crippen LogP contribution in [0.2, 0.25) is 0 Å². The Kier molecular flexibility index (Phi) is 8.28. The molecule has 6 heteroatoms. The summed E-state index contributed by atoms with van der Waals surface area (Å²) in [6, 6.07) is 10.0. The number of amides is 1. The highest BCUT2D eigenvalue weighted by Crippen LogP contribution is 2.33. The van der Waals surface area contributed by atoms with Gasteiger partial charge in [0.25, 0.3) is 0 Å². The van der Waals surface area contributed by atoms with Crippen molar-refractivity contribution >= 4 is 5.91 Å². The highest BCUT2D eigenvalue weighted by Gasteiger charge is 2.31. The molecule has 2 N–H and O–H groups in total.